The first-order valence-electron chi connectivity index (χ1n) is 20.6. The third-order valence-electron chi connectivity index (χ3n) is 12.6. The van der Waals surface area contributed by atoms with Gasteiger partial charge in [0.15, 0.2) is 0 Å². The van der Waals surface area contributed by atoms with E-state index in [4.69, 9.17) is 14.5 Å². The molecule has 4 N–H and O–H groups in total. The number of allylic oxidation sites excluding steroid dienone is 1. The largest absolute Gasteiger partial charge is 0.497 e. The molecule has 314 valence electrons. The van der Waals surface area contributed by atoms with E-state index in [0.29, 0.717) is 54.6 Å². The molecule has 5 amide bonds. The van der Waals surface area contributed by atoms with Gasteiger partial charge < -0.3 is 30.3 Å². The van der Waals surface area contributed by atoms with Crippen molar-refractivity contribution >= 4 is 50.6 Å². The number of fused-ring (bicyclic) bond motifs is 3. The normalized spacial score (nSPS) is 28.4. The van der Waals surface area contributed by atoms with E-state index in [2.05, 4.69) is 25.7 Å². The van der Waals surface area contributed by atoms with Gasteiger partial charge in [0.05, 0.1) is 29.4 Å². The number of amides is 5. The number of ether oxygens (including phenoxy) is 2. The average molecular weight is 822 g/mol. The zero-order valence-electron chi connectivity index (χ0n) is 33.7. The molecule has 1 saturated heterocycles. The SMILES string of the molecule is COc1ccc2nc(C)c(O[C@@H]3C[C@H]4C(=O)N[C@]5(C(=O)NS(=O)(=O)C6(C)CC6)CC5/C=C\CCCCC[C@H](NC(=O)[C@@H](NC(C)=O)C5CCCC5)C(=O)N4C3)nc2c1. The minimum atomic E-state index is -4.01. The smallest absolute Gasteiger partial charge is 0.259 e. The fraction of sp³-hybridized carbons (Fsp3) is 0.634. The third-order valence-corrected chi connectivity index (χ3v) is 14.7. The van der Waals surface area contributed by atoms with Crippen LogP contribution in [0.4, 0.5) is 0 Å². The van der Waals surface area contributed by atoms with Crippen molar-refractivity contribution in [2.75, 3.05) is 13.7 Å². The van der Waals surface area contributed by atoms with E-state index < -0.39 is 74.1 Å². The predicted octanol–water partition coefficient (Wildman–Crippen LogP) is 2.87. The maximum absolute atomic E-state index is 14.8. The molecule has 1 unspecified atom stereocenters. The molecule has 1 aromatic carbocycles. The molecular formula is C41H55N7O9S. The number of nitrogens with one attached hydrogen (secondary N) is 4. The Morgan fingerprint density at radius 1 is 1.02 bits per heavy atom. The van der Waals surface area contributed by atoms with Gasteiger partial charge in [0, 0.05) is 25.3 Å². The van der Waals surface area contributed by atoms with Crippen LogP contribution < -0.4 is 30.1 Å². The fourth-order valence-corrected chi connectivity index (χ4v) is 9.93. The maximum Gasteiger partial charge on any atom is 0.259 e. The van der Waals surface area contributed by atoms with E-state index in [0.717, 1.165) is 38.5 Å². The molecular weight excluding hydrogens is 767 g/mol. The summed E-state index contributed by atoms with van der Waals surface area (Å²) in [5.41, 5.74) is 0.103. The number of hydrogen-bond donors (Lipinski definition) is 4. The Kier molecular flexibility index (Phi) is 11.7. The van der Waals surface area contributed by atoms with E-state index in [9.17, 15) is 32.4 Å². The number of aromatic nitrogens is 2. The number of aryl methyl sites for hydroxylation is 1. The van der Waals surface area contributed by atoms with E-state index in [-0.39, 0.29) is 37.1 Å². The molecule has 0 spiro atoms. The van der Waals surface area contributed by atoms with Gasteiger partial charge in [-0.1, -0.05) is 37.8 Å². The number of hydrogen-bond acceptors (Lipinski definition) is 11. The van der Waals surface area contributed by atoms with Crippen LogP contribution in [0.25, 0.3) is 11.0 Å². The molecule has 2 aliphatic heterocycles. The van der Waals surface area contributed by atoms with E-state index in [1.165, 1.54) is 11.8 Å². The zero-order valence-corrected chi connectivity index (χ0v) is 34.5. The topological polar surface area (TPSA) is 215 Å². The minimum Gasteiger partial charge on any atom is -0.497 e. The Hall–Kier alpha value is -4.80. The van der Waals surface area contributed by atoms with Crippen molar-refractivity contribution < 1.29 is 41.9 Å². The molecule has 16 nitrogen and oxygen atoms in total. The van der Waals surface area contributed by atoms with Crippen molar-refractivity contribution in [2.24, 2.45) is 11.8 Å². The number of methoxy groups -OCH3 is 1. The van der Waals surface area contributed by atoms with E-state index >= 15 is 0 Å². The van der Waals surface area contributed by atoms with Gasteiger partial charge in [0.25, 0.3) is 5.91 Å². The van der Waals surface area contributed by atoms with Gasteiger partial charge in [0.2, 0.25) is 39.5 Å². The van der Waals surface area contributed by atoms with Crippen LogP contribution >= 0.6 is 0 Å². The summed E-state index contributed by atoms with van der Waals surface area (Å²) < 4.78 is 39.4. The molecule has 7 rings (SSSR count). The lowest BCUT2D eigenvalue weighted by atomic mass is 9.96. The first kappa shape index (κ1) is 41.4. The van der Waals surface area contributed by atoms with Gasteiger partial charge >= 0.3 is 0 Å². The van der Waals surface area contributed by atoms with Crippen LogP contribution in [-0.2, 0) is 34.0 Å². The number of rotatable bonds is 10. The van der Waals surface area contributed by atoms with Crippen molar-refractivity contribution in [1.82, 2.24) is 35.5 Å². The Balaban J connectivity index is 1.20. The summed E-state index contributed by atoms with van der Waals surface area (Å²) in [7, 11) is -2.46. The van der Waals surface area contributed by atoms with Crippen molar-refractivity contribution in [2.45, 2.75) is 139 Å². The Bertz CT molecular complexity index is 2100. The highest BCUT2D eigenvalue weighted by molar-refractivity contribution is 7.91. The monoisotopic (exact) mass is 821 g/mol. The van der Waals surface area contributed by atoms with E-state index in [1.807, 2.05) is 12.2 Å². The molecule has 2 aromatic rings. The van der Waals surface area contributed by atoms with Gasteiger partial charge in [-0.3, -0.25) is 28.7 Å². The lowest BCUT2D eigenvalue weighted by Gasteiger charge is -2.31. The molecule has 6 atom stereocenters. The second-order valence-corrected chi connectivity index (χ2v) is 19.2. The first-order chi connectivity index (χ1) is 27.6. The highest BCUT2D eigenvalue weighted by atomic mass is 32.2. The number of sulfonamides is 1. The summed E-state index contributed by atoms with van der Waals surface area (Å²) in [6.45, 7) is 4.65. The Labute approximate surface area is 339 Å². The summed E-state index contributed by atoms with van der Waals surface area (Å²) >= 11 is 0. The average Bonchev–Trinajstić information content (AvgIpc) is 3.93. The van der Waals surface area contributed by atoms with Crippen LogP contribution in [0.2, 0.25) is 0 Å². The molecule has 3 heterocycles. The molecule has 1 aromatic heterocycles. The van der Waals surface area contributed by atoms with Gasteiger partial charge in [-0.15, -0.1) is 0 Å². The third kappa shape index (κ3) is 8.64. The summed E-state index contributed by atoms with van der Waals surface area (Å²) in [5.74, 6) is -2.48. The van der Waals surface area contributed by atoms with Crippen molar-refractivity contribution in [3.8, 4) is 11.6 Å². The summed E-state index contributed by atoms with van der Waals surface area (Å²) in [5, 5.41) is 8.68. The molecule has 17 heteroatoms. The number of nitrogens with zero attached hydrogens (tertiary/aromatic N) is 3. The van der Waals surface area contributed by atoms with Gasteiger partial charge in [-0.25, -0.2) is 18.4 Å². The van der Waals surface area contributed by atoms with Gasteiger partial charge in [-0.05, 0) is 83.3 Å². The van der Waals surface area contributed by atoms with Crippen LogP contribution in [-0.4, -0.2) is 101 Å². The molecule has 5 aliphatic rings. The zero-order chi connectivity index (χ0) is 41.4. The highest BCUT2D eigenvalue weighted by Crippen LogP contribution is 2.47. The number of benzene rings is 1. The van der Waals surface area contributed by atoms with E-state index in [1.54, 1.807) is 39.2 Å². The molecule has 0 radical (unpaired) electrons. The second kappa shape index (κ2) is 16.5. The van der Waals surface area contributed by atoms with Crippen LogP contribution in [0.3, 0.4) is 0 Å². The lowest BCUT2D eigenvalue weighted by Crippen LogP contribution is -2.60. The summed E-state index contributed by atoms with van der Waals surface area (Å²) in [6, 6.07) is 2.31. The minimum absolute atomic E-state index is 0.0146. The molecule has 58 heavy (non-hydrogen) atoms. The summed E-state index contributed by atoms with van der Waals surface area (Å²) in [6.07, 6.45) is 10.6. The summed E-state index contributed by atoms with van der Waals surface area (Å²) in [4.78, 5) is 80.2. The molecule has 0 bridgehead atoms. The van der Waals surface area contributed by atoms with Crippen molar-refractivity contribution in [1.29, 1.82) is 0 Å². The first-order valence-corrected chi connectivity index (χ1v) is 22.0. The number of carbonyl (C=O) groups is 5. The van der Waals surface area contributed by atoms with Crippen molar-refractivity contribution in [3.05, 3.63) is 36.0 Å². The molecule has 3 aliphatic carbocycles. The number of carbonyl (C=O) groups excluding carboxylic acids is 5. The lowest BCUT2D eigenvalue weighted by molar-refractivity contribution is -0.143. The Morgan fingerprint density at radius 2 is 1.76 bits per heavy atom. The van der Waals surface area contributed by atoms with Gasteiger partial charge in [-0.2, -0.15) is 0 Å². The fourth-order valence-electron chi connectivity index (χ4n) is 8.62. The maximum atomic E-state index is 14.8. The van der Waals surface area contributed by atoms with Gasteiger partial charge in [0.1, 0.15) is 41.2 Å². The quantitative estimate of drug-likeness (QED) is 0.256. The highest BCUT2D eigenvalue weighted by Gasteiger charge is 2.63. The van der Waals surface area contributed by atoms with Crippen LogP contribution in [0.5, 0.6) is 11.6 Å². The van der Waals surface area contributed by atoms with Crippen LogP contribution in [0, 0.1) is 18.8 Å². The van der Waals surface area contributed by atoms with Crippen molar-refractivity contribution in [3.63, 3.8) is 0 Å². The molecule has 3 saturated carbocycles. The molecule has 4 fully saturated rings. The van der Waals surface area contributed by atoms with Crippen LogP contribution in [0.15, 0.2) is 30.4 Å². The Morgan fingerprint density at radius 3 is 2.47 bits per heavy atom. The standard InChI is InChI=1S/C41H55N7O9S/c1-24-37(45-32-20-28(56-4)16-17-30(32)42-24)57-29-21-33-35(50)46-41(39(53)47-58(54,55)40(3)18-19-40)22-27(41)14-8-6-5-7-9-15-31(38(52)48(33)23-29)44-36(51)34(43-25(2)49)26-12-10-11-13-26/h8,14,16-17,20,26-27,29,31,33-34H,5-7,9-13,15,18-19,21-23H2,1-4H3,(H,43,49)(H,44,51)(H,46,50)(H,47,53)/b14-8-/t27?,29-,31+,33+,34+,41-/m1/s1. The second-order valence-electron chi connectivity index (χ2n) is 17.0. The predicted molar refractivity (Wildman–Crippen MR) is 213 cm³/mol. The van der Waals surface area contributed by atoms with Crippen LogP contribution in [0.1, 0.15) is 103 Å².